The molecule has 4 rings (SSSR count). The minimum absolute atomic E-state index is 0.0619. The van der Waals surface area contributed by atoms with Crippen LogP contribution < -0.4 is 5.32 Å². The van der Waals surface area contributed by atoms with Gasteiger partial charge in [-0.05, 0) is 23.8 Å². The number of hydrogen-bond donors (Lipinski definition) is 1. The Bertz CT molecular complexity index is 1010. The van der Waals surface area contributed by atoms with E-state index in [1.54, 1.807) is 36.4 Å². The number of carbonyl (C=O) groups is 2. The molecule has 0 atom stereocenters. The molecule has 0 spiro atoms. The zero-order valence-corrected chi connectivity index (χ0v) is 14.0. The van der Waals surface area contributed by atoms with Gasteiger partial charge in [-0.15, -0.1) is 0 Å². The van der Waals surface area contributed by atoms with Crippen LogP contribution in [0.3, 0.4) is 0 Å². The van der Waals surface area contributed by atoms with Gasteiger partial charge in [0, 0.05) is 23.1 Å². The fraction of sp³-hybridized carbons (Fsp3) is 0.0455. The van der Waals surface area contributed by atoms with Crippen molar-refractivity contribution in [3.8, 4) is 0 Å². The van der Waals surface area contributed by atoms with E-state index in [4.69, 9.17) is 0 Å². The zero-order valence-electron chi connectivity index (χ0n) is 14.0. The minimum atomic E-state index is -0.227. The molecule has 3 aromatic carbocycles. The number of benzene rings is 3. The van der Waals surface area contributed by atoms with Gasteiger partial charge in [-0.25, -0.2) is 4.99 Å². The highest BCUT2D eigenvalue weighted by molar-refractivity contribution is 6.11. The Hall–Kier alpha value is -3.53. The summed E-state index contributed by atoms with van der Waals surface area (Å²) in [6.07, 6.45) is 0.618. The largest absolute Gasteiger partial charge is 0.310 e. The number of amidine groups is 1. The molecule has 26 heavy (non-hydrogen) atoms. The summed E-state index contributed by atoms with van der Waals surface area (Å²) in [7, 11) is 0. The van der Waals surface area contributed by atoms with Crippen molar-refractivity contribution < 1.29 is 9.59 Å². The summed E-state index contributed by atoms with van der Waals surface area (Å²) in [5.41, 5.74) is 3.67. The molecule has 4 heteroatoms. The third-order valence-electron chi connectivity index (χ3n) is 4.31. The molecule has 0 unspecified atom stereocenters. The van der Waals surface area contributed by atoms with Crippen molar-refractivity contribution in [2.24, 2.45) is 4.99 Å². The first-order chi connectivity index (χ1) is 12.7. The van der Waals surface area contributed by atoms with E-state index < -0.39 is 0 Å². The van der Waals surface area contributed by atoms with E-state index in [2.05, 4.69) is 10.3 Å². The van der Waals surface area contributed by atoms with Gasteiger partial charge in [0.15, 0.2) is 5.78 Å². The highest BCUT2D eigenvalue weighted by atomic mass is 16.1. The SMILES string of the molecule is O=C(NC1=Nc2ccccc2C1)c1ccc(C(=O)c2ccccc2)cc1. The van der Waals surface area contributed by atoms with Gasteiger partial charge in [0.2, 0.25) is 0 Å². The van der Waals surface area contributed by atoms with E-state index >= 15 is 0 Å². The number of nitrogens with one attached hydrogen (secondary N) is 1. The Kier molecular flexibility index (Phi) is 4.15. The molecule has 1 aliphatic rings. The van der Waals surface area contributed by atoms with E-state index in [0.717, 1.165) is 11.3 Å². The van der Waals surface area contributed by atoms with Gasteiger partial charge in [-0.3, -0.25) is 9.59 Å². The zero-order chi connectivity index (χ0) is 17.9. The van der Waals surface area contributed by atoms with Crippen LogP contribution in [0.4, 0.5) is 5.69 Å². The monoisotopic (exact) mass is 340 g/mol. The predicted octanol–water partition coefficient (Wildman–Crippen LogP) is 3.93. The second-order valence-corrected chi connectivity index (χ2v) is 6.09. The lowest BCUT2D eigenvalue weighted by Gasteiger charge is -2.06. The molecule has 1 N–H and O–H groups in total. The molecule has 1 heterocycles. The maximum atomic E-state index is 12.4. The molecule has 1 amide bonds. The number of fused-ring (bicyclic) bond motifs is 1. The smallest absolute Gasteiger partial charge is 0.256 e. The topological polar surface area (TPSA) is 58.5 Å². The quantitative estimate of drug-likeness (QED) is 0.734. The van der Waals surface area contributed by atoms with Crippen molar-refractivity contribution in [2.45, 2.75) is 6.42 Å². The van der Waals surface area contributed by atoms with E-state index in [1.165, 1.54) is 0 Å². The van der Waals surface area contributed by atoms with E-state index in [-0.39, 0.29) is 11.7 Å². The van der Waals surface area contributed by atoms with E-state index in [0.29, 0.717) is 28.9 Å². The van der Waals surface area contributed by atoms with Crippen LogP contribution in [0.5, 0.6) is 0 Å². The lowest BCUT2D eigenvalue weighted by Crippen LogP contribution is -2.30. The molecule has 4 nitrogen and oxygen atoms in total. The second kappa shape index (κ2) is 6.76. The predicted molar refractivity (Wildman–Crippen MR) is 101 cm³/mol. The summed E-state index contributed by atoms with van der Waals surface area (Å²) in [6.45, 7) is 0. The number of para-hydroxylation sites is 1. The number of carbonyl (C=O) groups excluding carboxylic acids is 2. The molecule has 0 saturated carbocycles. The van der Waals surface area contributed by atoms with Crippen molar-refractivity contribution in [1.29, 1.82) is 0 Å². The third-order valence-corrected chi connectivity index (χ3v) is 4.31. The van der Waals surface area contributed by atoms with Gasteiger partial charge in [0.1, 0.15) is 5.84 Å². The van der Waals surface area contributed by atoms with Crippen molar-refractivity contribution in [3.63, 3.8) is 0 Å². The number of ketones is 1. The van der Waals surface area contributed by atoms with Crippen LogP contribution in [-0.4, -0.2) is 17.5 Å². The van der Waals surface area contributed by atoms with Crippen molar-refractivity contribution in [3.05, 3.63) is 101 Å². The van der Waals surface area contributed by atoms with Crippen molar-refractivity contribution in [1.82, 2.24) is 5.32 Å². The molecule has 0 aromatic heterocycles. The number of aliphatic imine (C=N–C) groups is 1. The number of amides is 1. The Labute approximate surface area is 151 Å². The molecular formula is C22H16N2O2. The van der Waals surface area contributed by atoms with Gasteiger partial charge in [0.25, 0.3) is 5.91 Å². The molecule has 3 aromatic rings. The summed E-state index contributed by atoms with van der Waals surface area (Å²) < 4.78 is 0. The van der Waals surface area contributed by atoms with E-state index in [9.17, 15) is 9.59 Å². The van der Waals surface area contributed by atoms with Gasteiger partial charge in [0.05, 0.1) is 5.69 Å². The summed E-state index contributed by atoms with van der Waals surface area (Å²) in [4.78, 5) is 29.3. The van der Waals surface area contributed by atoms with Gasteiger partial charge >= 0.3 is 0 Å². The normalized spacial score (nSPS) is 12.2. The standard InChI is InChI=1S/C22H16N2O2/c25-21(15-6-2-1-3-7-15)16-10-12-17(13-11-16)22(26)24-20-14-18-8-4-5-9-19(18)23-20/h1-13H,14H2,(H,23,24,26). The lowest BCUT2D eigenvalue weighted by atomic mass is 10.0. The molecule has 0 fully saturated rings. The van der Waals surface area contributed by atoms with Crippen LogP contribution in [-0.2, 0) is 6.42 Å². The maximum Gasteiger partial charge on any atom is 0.256 e. The summed E-state index contributed by atoms with van der Waals surface area (Å²) in [5.74, 6) is 0.351. The Morgan fingerprint density at radius 2 is 1.35 bits per heavy atom. The highest BCUT2D eigenvalue weighted by Crippen LogP contribution is 2.25. The number of hydrogen-bond acceptors (Lipinski definition) is 3. The van der Waals surface area contributed by atoms with Crippen LogP contribution >= 0.6 is 0 Å². The molecule has 0 radical (unpaired) electrons. The fourth-order valence-electron chi connectivity index (χ4n) is 2.94. The molecule has 0 aliphatic carbocycles. The van der Waals surface area contributed by atoms with Gasteiger partial charge < -0.3 is 5.32 Å². The van der Waals surface area contributed by atoms with Gasteiger partial charge in [-0.2, -0.15) is 0 Å². The van der Waals surface area contributed by atoms with Crippen molar-refractivity contribution in [2.75, 3.05) is 0 Å². The van der Waals surface area contributed by atoms with Crippen LogP contribution in [0.1, 0.15) is 31.8 Å². The molecular weight excluding hydrogens is 324 g/mol. The van der Waals surface area contributed by atoms with Gasteiger partial charge in [-0.1, -0.05) is 60.7 Å². The average Bonchev–Trinajstić information content (AvgIpc) is 3.10. The summed E-state index contributed by atoms with van der Waals surface area (Å²) in [5, 5.41) is 2.85. The fourth-order valence-corrected chi connectivity index (χ4v) is 2.94. The molecule has 0 saturated heterocycles. The van der Waals surface area contributed by atoms with E-state index in [1.807, 2.05) is 42.5 Å². The summed E-state index contributed by atoms with van der Waals surface area (Å²) >= 11 is 0. The second-order valence-electron chi connectivity index (χ2n) is 6.09. The average molecular weight is 340 g/mol. The Morgan fingerprint density at radius 3 is 2.08 bits per heavy atom. The maximum absolute atomic E-state index is 12.4. The minimum Gasteiger partial charge on any atom is -0.310 e. The number of rotatable bonds is 3. The first kappa shape index (κ1) is 16.0. The molecule has 1 aliphatic heterocycles. The number of nitrogens with zero attached hydrogens (tertiary/aromatic N) is 1. The first-order valence-corrected chi connectivity index (χ1v) is 8.37. The van der Waals surface area contributed by atoms with Crippen LogP contribution in [0.25, 0.3) is 0 Å². The van der Waals surface area contributed by atoms with Crippen LogP contribution in [0, 0.1) is 0 Å². The highest BCUT2D eigenvalue weighted by Gasteiger charge is 2.17. The third kappa shape index (κ3) is 3.17. The lowest BCUT2D eigenvalue weighted by molar-refractivity contribution is 0.0974. The summed E-state index contributed by atoms with van der Waals surface area (Å²) in [6, 6.07) is 23.6. The molecule has 0 bridgehead atoms. The van der Waals surface area contributed by atoms with Crippen LogP contribution in [0.15, 0.2) is 83.9 Å². The Balaban J connectivity index is 1.46. The van der Waals surface area contributed by atoms with Crippen LogP contribution in [0.2, 0.25) is 0 Å². The van der Waals surface area contributed by atoms with Crippen molar-refractivity contribution >= 4 is 23.2 Å². The molecule has 126 valence electrons. The first-order valence-electron chi connectivity index (χ1n) is 8.37. The Morgan fingerprint density at radius 1 is 0.731 bits per heavy atom.